The van der Waals surface area contributed by atoms with E-state index in [1.54, 1.807) is 0 Å². The van der Waals surface area contributed by atoms with Crippen LogP contribution in [0.2, 0.25) is 0 Å². The summed E-state index contributed by atoms with van der Waals surface area (Å²) < 4.78 is 0. The average molecular weight is 230 g/mol. The van der Waals surface area contributed by atoms with Gasteiger partial charge in [0, 0.05) is 18.8 Å². The lowest BCUT2D eigenvalue weighted by molar-refractivity contribution is -0.124. The number of benzene rings is 1. The minimum Gasteiger partial charge on any atom is -0.339 e. The van der Waals surface area contributed by atoms with Gasteiger partial charge in [-0.05, 0) is 25.0 Å². The van der Waals surface area contributed by atoms with Crippen molar-refractivity contribution in [2.75, 3.05) is 24.7 Å². The number of hydrogen-bond acceptors (Lipinski definition) is 2. The maximum atomic E-state index is 12.1. The highest BCUT2D eigenvalue weighted by atomic mass is 16.2. The van der Waals surface area contributed by atoms with E-state index in [1.807, 2.05) is 18.2 Å². The Balaban J connectivity index is 1.96. The first kappa shape index (κ1) is 10.6. The van der Waals surface area contributed by atoms with Crippen molar-refractivity contribution in [3.8, 4) is 0 Å². The molecule has 2 aliphatic rings. The van der Waals surface area contributed by atoms with E-state index in [0.717, 1.165) is 31.6 Å². The fourth-order valence-corrected chi connectivity index (χ4v) is 2.80. The third-order valence-electron chi connectivity index (χ3n) is 3.77. The Morgan fingerprint density at radius 1 is 1.18 bits per heavy atom. The van der Waals surface area contributed by atoms with E-state index < -0.39 is 0 Å². The van der Waals surface area contributed by atoms with Crippen molar-refractivity contribution in [2.45, 2.75) is 18.4 Å². The van der Waals surface area contributed by atoms with Gasteiger partial charge in [-0.3, -0.25) is 4.79 Å². The van der Waals surface area contributed by atoms with Crippen LogP contribution in [0, 0.1) is 0 Å². The van der Waals surface area contributed by atoms with Gasteiger partial charge in [0.2, 0.25) is 5.91 Å². The molecule has 89 valence electrons. The van der Waals surface area contributed by atoms with Crippen LogP contribution in [0.5, 0.6) is 0 Å². The third kappa shape index (κ3) is 1.60. The Bertz CT molecular complexity index is 412. The molecule has 0 aromatic heterocycles. The SMILES string of the molecule is O=C1NCN(c2ccccc2)C12CC[N]CC2. The molecule has 4 nitrogen and oxygen atoms in total. The Kier molecular flexibility index (Phi) is 2.52. The lowest BCUT2D eigenvalue weighted by Gasteiger charge is -2.39. The molecule has 4 heteroatoms. The lowest BCUT2D eigenvalue weighted by Crippen LogP contribution is -2.54. The van der Waals surface area contributed by atoms with Crippen molar-refractivity contribution in [3.63, 3.8) is 0 Å². The first-order chi connectivity index (χ1) is 8.33. The second-order valence-corrected chi connectivity index (χ2v) is 4.63. The minimum atomic E-state index is -0.358. The number of carbonyl (C=O) groups is 1. The molecule has 3 rings (SSSR count). The summed E-state index contributed by atoms with van der Waals surface area (Å²) in [6, 6.07) is 10.2. The molecule has 0 aliphatic carbocycles. The quantitative estimate of drug-likeness (QED) is 0.772. The van der Waals surface area contributed by atoms with Crippen molar-refractivity contribution in [1.82, 2.24) is 10.6 Å². The van der Waals surface area contributed by atoms with Gasteiger partial charge >= 0.3 is 0 Å². The summed E-state index contributed by atoms with van der Waals surface area (Å²) in [5.74, 6) is 0.163. The van der Waals surface area contributed by atoms with E-state index in [9.17, 15) is 4.79 Å². The van der Waals surface area contributed by atoms with Gasteiger partial charge in [0.25, 0.3) is 0 Å². The van der Waals surface area contributed by atoms with Gasteiger partial charge in [0.1, 0.15) is 5.54 Å². The maximum absolute atomic E-state index is 12.1. The number of piperidine rings is 1. The van der Waals surface area contributed by atoms with Crippen LogP contribution in [0.15, 0.2) is 30.3 Å². The Morgan fingerprint density at radius 2 is 1.88 bits per heavy atom. The topological polar surface area (TPSA) is 46.4 Å². The number of nitrogens with one attached hydrogen (secondary N) is 1. The Labute approximate surface area is 101 Å². The summed E-state index contributed by atoms with van der Waals surface area (Å²) >= 11 is 0. The van der Waals surface area contributed by atoms with Crippen molar-refractivity contribution < 1.29 is 4.79 Å². The maximum Gasteiger partial charge on any atom is 0.247 e. The van der Waals surface area contributed by atoms with Crippen LogP contribution in [-0.2, 0) is 4.79 Å². The van der Waals surface area contributed by atoms with Crippen LogP contribution in [0.25, 0.3) is 0 Å². The van der Waals surface area contributed by atoms with E-state index in [0.29, 0.717) is 6.67 Å². The predicted molar refractivity (Wildman–Crippen MR) is 65.8 cm³/mol. The fourth-order valence-electron chi connectivity index (χ4n) is 2.80. The van der Waals surface area contributed by atoms with Gasteiger partial charge in [0.15, 0.2) is 0 Å². The molecule has 0 atom stereocenters. The first-order valence-electron chi connectivity index (χ1n) is 6.07. The molecular weight excluding hydrogens is 214 g/mol. The van der Waals surface area contributed by atoms with E-state index in [-0.39, 0.29) is 11.4 Å². The summed E-state index contributed by atoms with van der Waals surface area (Å²) in [7, 11) is 0. The number of amides is 1. The Hall–Kier alpha value is -1.55. The second kappa shape index (κ2) is 4.04. The average Bonchev–Trinajstić information content (AvgIpc) is 2.69. The van der Waals surface area contributed by atoms with Crippen LogP contribution in [-0.4, -0.2) is 31.2 Å². The Morgan fingerprint density at radius 3 is 2.59 bits per heavy atom. The zero-order valence-corrected chi connectivity index (χ0v) is 9.72. The van der Waals surface area contributed by atoms with Crippen LogP contribution < -0.4 is 15.5 Å². The van der Waals surface area contributed by atoms with Gasteiger partial charge in [-0.15, -0.1) is 0 Å². The van der Waals surface area contributed by atoms with Crippen LogP contribution in [0.1, 0.15) is 12.8 Å². The minimum absolute atomic E-state index is 0.163. The molecule has 2 saturated heterocycles. The highest BCUT2D eigenvalue weighted by Gasteiger charge is 2.49. The third-order valence-corrected chi connectivity index (χ3v) is 3.77. The van der Waals surface area contributed by atoms with Gasteiger partial charge in [0.05, 0.1) is 6.67 Å². The van der Waals surface area contributed by atoms with Crippen molar-refractivity contribution >= 4 is 11.6 Å². The van der Waals surface area contributed by atoms with E-state index in [2.05, 4.69) is 27.7 Å². The zero-order valence-electron chi connectivity index (χ0n) is 9.72. The van der Waals surface area contributed by atoms with Crippen molar-refractivity contribution in [1.29, 1.82) is 0 Å². The predicted octanol–water partition coefficient (Wildman–Crippen LogP) is 0.717. The summed E-state index contributed by atoms with van der Waals surface area (Å²) in [5, 5.41) is 7.33. The summed E-state index contributed by atoms with van der Waals surface area (Å²) in [6.07, 6.45) is 1.65. The lowest BCUT2D eigenvalue weighted by atomic mass is 9.86. The highest BCUT2D eigenvalue weighted by Crippen LogP contribution is 2.34. The molecule has 0 bridgehead atoms. The highest BCUT2D eigenvalue weighted by molar-refractivity contribution is 5.93. The summed E-state index contributed by atoms with van der Waals surface area (Å²) in [5.41, 5.74) is 0.760. The molecule has 1 spiro atoms. The first-order valence-corrected chi connectivity index (χ1v) is 6.07. The van der Waals surface area contributed by atoms with Crippen LogP contribution in [0.4, 0.5) is 5.69 Å². The van der Waals surface area contributed by atoms with Gasteiger partial charge < -0.3 is 10.2 Å². The zero-order chi connectivity index (χ0) is 11.7. The molecule has 1 aromatic carbocycles. The molecule has 1 N–H and O–H groups in total. The van der Waals surface area contributed by atoms with Crippen LogP contribution in [0.3, 0.4) is 0 Å². The fraction of sp³-hybridized carbons (Fsp3) is 0.462. The molecule has 2 aliphatic heterocycles. The molecule has 1 aromatic rings. The molecule has 2 fully saturated rings. The number of anilines is 1. The number of hydrogen-bond donors (Lipinski definition) is 1. The molecule has 17 heavy (non-hydrogen) atoms. The molecule has 2 heterocycles. The molecular formula is C13H16N3O. The standard InChI is InChI=1S/C13H16N3O/c17-12-13(6-8-14-9-7-13)16(10-15-12)11-4-2-1-3-5-11/h1-5H,6-10H2,(H,15,17). The van der Waals surface area contributed by atoms with Crippen LogP contribution >= 0.6 is 0 Å². The number of carbonyl (C=O) groups excluding carboxylic acids is 1. The molecule has 1 amide bonds. The summed E-state index contributed by atoms with van der Waals surface area (Å²) in [6.45, 7) is 2.19. The second-order valence-electron chi connectivity index (χ2n) is 4.63. The van der Waals surface area contributed by atoms with E-state index in [4.69, 9.17) is 0 Å². The number of para-hydroxylation sites is 1. The van der Waals surface area contributed by atoms with Gasteiger partial charge in [-0.2, -0.15) is 0 Å². The monoisotopic (exact) mass is 230 g/mol. The number of rotatable bonds is 1. The molecule has 0 unspecified atom stereocenters. The normalized spacial score (nSPS) is 22.8. The summed E-state index contributed by atoms with van der Waals surface area (Å²) in [4.78, 5) is 14.3. The van der Waals surface area contributed by atoms with Crippen molar-refractivity contribution in [3.05, 3.63) is 30.3 Å². The molecule has 0 saturated carbocycles. The van der Waals surface area contributed by atoms with Gasteiger partial charge in [-0.25, -0.2) is 5.32 Å². The molecule has 1 radical (unpaired) electrons. The van der Waals surface area contributed by atoms with E-state index in [1.165, 1.54) is 0 Å². The largest absolute Gasteiger partial charge is 0.339 e. The van der Waals surface area contributed by atoms with E-state index >= 15 is 0 Å². The number of nitrogens with zero attached hydrogens (tertiary/aromatic N) is 2. The van der Waals surface area contributed by atoms with Gasteiger partial charge in [-0.1, -0.05) is 18.2 Å². The smallest absolute Gasteiger partial charge is 0.247 e. The van der Waals surface area contributed by atoms with Crippen molar-refractivity contribution in [2.24, 2.45) is 0 Å².